The van der Waals surface area contributed by atoms with Crippen molar-refractivity contribution in [3.05, 3.63) is 109 Å². The summed E-state index contributed by atoms with van der Waals surface area (Å²) in [4.78, 5) is 24.7. The Morgan fingerprint density at radius 3 is 0.691 bits per heavy atom. The normalized spacial score (nSPS) is 12.8. The van der Waals surface area contributed by atoms with Gasteiger partial charge >= 0.3 is 11.9 Å². The highest BCUT2D eigenvalue weighted by atomic mass is 16.6. The third-order valence-corrected chi connectivity index (χ3v) is 18.6. The van der Waals surface area contributed by atoms with Gasteiger partial charge in [0.05, 0.1) is 6.61 Å². The molecule has 1 unspecified atom stereocenters. The standard InChI is InChI=1S/C89H158O5/c1-3-5-7-9-11-13-15-17-19-21-23-25-27-29-31-33-35-37-39-41-43-44-46-47-49-51-53-55-57-59-61-63-65-67-69-71-73-75-77-79-81-83-88(91)93-86-87(85-90)94-89(92)84-82-80-78-76-74-72-70-68-66-64-62-60-58-56-54-52-50-48-45-42-40-38-36-34-32-30-28-26-24-22-20-18-16-14-12-10-8-6-4-2/h6,8,12,14-15,17-18,20-21,23-24,26,30,32,36,38,42,45,87,90H,3-5,7,9-11,13,16,19,22,25,27-29,31,33-35,37,39-41,43-44,46-86H2,1-2H3/b8-6-,14-12-,17-15-,20-18-,23-21-,26-24-,32-30-,38-36-,45-42-. The molecular formula is C89H158O5. The Kier molecular flexibility index (Phi) is 80.7. The van der Waals surface area contributed by atoms with Crippen LogP contribution in [0.1, 0.15) is 425 Å². The quantitative estimate of drug-likeness (QED) is 0.0373. The minimum atomic E-state index is -0.776. The molecule has 0 fully saturated rings. The number of carbonyl (C=O) groups excluding carboxylic acids is 2. The molecule has 0 spiro atoms. The minimum Gasteiger partial charge on any atom is -0.462 e. The van der Waals surface area contributed by atoms with Crippen molar-refractivity contribution in [1.82, 2.24) is 0 Å². The predicted octanol–water partition coefficient (Wildman–Crippen LogP) is 29.4. The average Bonchev–Trinajstić information content (AvgIpc) is 3.65. The maximum Gasteiger partial charge on any atom is 0.306 e. The lowest BCUT2D eigenvalue weighted by Crippen LogP contribution is -2.28. The predicted molar refractivity (Wildman–Crippen MR) is 417 cm³/mol. The molecule has 0 aliphatic carbocycles. The zero-order chi connectivity index (χ0) is 67.5. The molecule has 0 saturated heterocycles. The molecule has 0 aliphatic heterocycles. The Bertz CT molecular complexity index is 1780. The molecule has 1 atom stereocenters. The van der Waals surface area contributed by atoms with Crippen molar-refractivity contribution < 1.29 is 24.2 Å². The molecule has 1 N–H and O–H groups in total. The first kappa shape index (κ1) is 90.6. The number of ether oxygens (including phenoxy) is 2. The molecule has 0 aromatic carbocycles. The van der Waals surface area contributed by atoms with Crippen molar-refractivity contribution in [2.45, 2.75) is 431 Å². The Labute approximate surface area is 586 Å². The molecule has 0 aromatic heterocycles. The second-order valence-corrected chi connectivity index (χ2v) is 27.8. The molecule has 0 radical (unpaired) electrons. The van der Waals surface area contributed by atoms with Gasteiger partial charge in [-0.15, -0.1) is 0 Å². The van der Waals surface area contributed by atoms with Crippen LogP contribution >= 0.6 is 0 Å². The first-order chi connectivity index (χ1) is 46.6. The van der Waals surface area contributed by atoms with Crippen LogP contribution in [0.15, 0.2) is 109 Å². The van der Waals surface area contributed by atoms with E-state index in [0.717, 1.165) is 89.9 Å². The van der Waals surface area contributed by atoms with E-state index in [4.69, 9.17) is 9.47 Å². The van der Waals surface area contributed by atoms with Gasteiger partial charge in [0, 0.05) is 12.8 Å². The van der Waals surface area contributed by atoms with E-state index in [0.29, 0.717) is 12.8 Å². The largest absolute Gasteiger partial charge is 0.462 e. The molecule has 0 saturated carbocycles. The van der Waals surface area contributed by atoms with Gasteiger partial charge in [-0.05, 0) is 103 Å². The van der Waals surface area contributed by atoms with E-state index in [1.54, 1.807) is 0 Å². The Morgan fingerprint density at radius 1 is 0.255 bits per heavy atom. The molecule has 94 heavy (non-hydrogen) atoms. The summed E-state index contributed by atoms with van der Waals surface area (Å²) in [6.07, 6.45) is 122. The average molecular weight is 1310 g/mol. The lowest BCUT2D eigenvalue weighted by Gasteiger charge is -2.15. The van der Waals surface area contributed by atoms with E-state index in [1.165, 1.54) is 308 Å². The fraction of sp³-hybridized carbons (Fsp3) is 0.775. The van der Waals surface area contributed by atoms with E-state index in [2.05, 4.69) is 123 Å². The summed E-state index contributed by atoms with van der Waals surface area (Å²) in [5, 5.41) is 9.74. The summed E-state index contributed by atoms with van der Waals surface area (Å²) in [5.74, 6) is -0.571. The summed E-state index contributed by atoms with van der Waals surface area (Å²) < 4.78 is 10.8. The number of allylic oxidation sites excluding steroid dienone is 18. The fourth-order valence-electron chi connectivity index (χ4n) is 12.4. The van der Waals surface area contributed by atoms with Crippen LogP contribution in [-0.2, 0) is 19.1 Å². The Morgan fingerprint density at radius 2 is 0.457 bits per heavy atom. The molecule has 544 valence electrons. The number of aliphatic hydroxyl groups excluding tert-OH is 1. The van der Waals surface area contributed by atoms with E-state index in [1.807, 2.05) is 0 Å². The van der Waals surface area contributed by atoms with Crippen LogP contribution in [0.4, 0.5) is 0 Å². The van der Waals surface area contributed by atoms with Crippen molar-refractivity contribution in [3.63, 3.8) is 0 Å². The zero-order valence-corrected chi connectivity index (χ0v) is 62.7. The first-order valence-corrected chi connectivity index (χ1v) is 41.4. The van der Waals surface area contributed by atoms with Crippen molar-refractivity contribution in [1.29, 1.82) is 0 Å². The van der Waals surface area contributed by atoms with Crippen LogP contribution in [0.25, 0.3) is 0 Å². The molecule has 0 bridgehead atoms. The minimum absolute atomic E-state index is 0.0633. The molecular weight excluding hydrogens is 1150 g/mol. The Hall–Kier alpha value is -3.44. The lowest BCUT2D eigenvalue weighted by molar-refractivity contribution is -0.161. The van der Waals surface area contributed by atoms with E-state index in [9.17, 15) is 14.7 Å². The number of carbonyl (C=O) groups is 2. The molecule has 5 nitrogen and oxygen atoms in total. The van der Waals surface area contributed by atoms with Gasteiger partial charge in [-0.3, -0.25) is 9.59 Å². The second kappa shape index (κ2) is 83.8. The molecule has 5 heteroatoms. The highest BCUT2D eigenvalue weighted by Gasteiger charge is 2.16. The molecule has 0 aromatic rings. The maximum absolute atomic E-state index is 12.4. The number of aliphatic hydroxyl groups is 1. The fourth-order valence-corrected chi connectivity index (χ4v) is 12.4. The van der Waals surface area contributed by atoms with Crippen LogP contribution in [0.3, 0.4) is 0 Å². The molecule has 0 heterocycles. The number of hydrogen-bond acceptors (Lipinski definition) is 5. The maximum atomic E-state index is 12.4. The van der Waals surface area contributed by atoms with Gasteiger partial charge in [0.15, 0.2) is 6.10 Å². The van der Waals surface area contributed by atoms with Gasteiger partial charge in [-0.25, -0.2) is 0 Å². The topological polar surface area (TPSA) is 72.8 Å². The van der Waals surface area contributed by atoms with Crippen LogP contribution in [-0.4, -0.2) is 36.4 Å². The smallest absolute Gasteiger partial charge is 0.306 e. The highest BCUT2D eigenvalue weighted by Crippen LogP contribution is 2.20. The van der Waals surface area contributed by atoms with Gasteiger partial charge < -0.3 is 14.6 Å². The van der Waals surface area contributed by atoms with E-state index >= 15 is 0 Å². The number of hydrogen-bond donors (Lipinski definition) is 1. The SMILES string of the molecule is CC/C=C\C/C=C\C/C=C\C/C=C\C/C=C\C/C=C\C/C=C\CCCCCCCCCCCCCCCCCCCC(=O)OC(CO)COC(=O)CCCCCCCCCCCCCCCCCCCCCCCCCCCCCCC/C=C\C/C=C\CCCCCCC. The summed E-state index contributed by atoms with van der Waals surface area (Å²) >= 11 is 0. The Balaban J connectivity index is 3.40. The van der Waals surface area contributed by atoms with Crippen LogP contribution < -0.4 is 0 Å². The van der Waals surface area contributed by atoms with Crippen molar-refractivity contribution in [3.8, 4) is 0 Å². The third kappa shape index (κ3) is 81.0. The van der Waals surface area contributed by atoms with Crippen LogP contribution in [0.2, 0.25) is 0 Å². The van der Waals surface area contributed by atoms with Gasteiger partial charge in [0.1, 0.15) is 6.61 Å². The second-order valence-electron chi connectivity index (χ2n) is 27.8. The summed E-state index contributed by atoms with van der Waals surface area (Å²) in [6.45, 7) is 4.06. The summed E-state index contributed by atoms with van der Waals surface area (Å²) in [7, 11) is 0. The van der Waals surface area contributed by atoms with Gasteiger partial charge in [0.2, 0.25) is 0 Å². The van der Waals surface area contributed by atoms with Gasteiger partial charge in [0.25, 0.3) is 0 Å². The zero-order valence-electron chi connectivity index (χ0n) is 62.7. The first-order valence-electron chi connectivity index (χ1n) is 41.4. The number of rotatable bonds is 77. The number of unbranched alkanes of at least 4 members (excludes halogenated alkanes) is 51. The summed E-state index contributed by atoms with van der Waals surface area (Å²) in [5.41, 5.74) is 0. The van der Waals surface area contributed by atoms with Crippen molar-refractivity contribution in [2.75, 3.05) is 13.2 Å². The number of esters is 2. The monoisotopic (exact) mass is 1310 g/mol. The van der Waals surface area contributed by atoms with Crippen LogP contribution in [0.5, 0.6) is 0 Å². The van der Waals surface area contributed by atoms with E-state index < -0.39 is 6.10 Å². The van der Waals surface area contributed by atoms with E-state index in [-0.39, 0.29) is 25.2 Å². The lowest BCUT2D eigenvalue weighted by atomic mass is 10.0. The molecule has 0 aliphatic rings. The van der Waals surface area contributed by atoms with Gasteiger partial charge in [-0.2, -0.15) is 0 Å². The van der Waals surface area contributed by atoms with Crippen molar-refractivity contribution in [2.24, 2.45) is 0 Å². The molecule has 0 rings (SSSR count). The molecule has 0 amide bonds. The highest BCUT2D eigenvalue weighted by molar-refractivity contribution is 5.70. The van der Waals surface area contributed by atoms with Crippen molar-refractivity contribution >= 4 is 11.9 Å². The summed E-state index contributed by atoms with van der Waals surface area (Å²) in [6, 6.07) is 0. The van der Waals surface area contributed by atoms with Gasteiger partial charge in [-0.1, -0.05) is 419 Å². The van der Waals surface area contributed by atoms with Crippen LogP contribution in [0, 0.1) is 0 Å². The third-order valence-electron chi connectivity index (χ3n) is 18.6.